The van der Waals surface area contributed by atoms with Crippen molar-refractivity contribution in [3.63, 3.8) is 0 Å². The van der Waals surface area contributed by atoms with Gasteiger partial charge in [0, 0.05) is 30.3 Å². The summed E-state index contributed by atoms with van der Waals surface area (Å²) in [6, 6.07) is 4.90. The van der Waals surface area contributed by atoms with E-state index in [1.165, 1.54) is 11.0 Å². The number of hydrogen-bond acceptors (Lipinski definition) is 9. The Hall–Kier alpha value is -4.83. The molecule has 5 aromatic rings. The van der Waals surface area contributed by atoms with Crippen LogP contribution in [-0.2, 0) is 31.4 Å². The molecule has 0 spiro atoms. The standard InChI is InChI=1S/C30H30Cl2F2N10O4/c1-29(2,3)48-27(46)38-30(5-6-30)14-42-11-17-8-23(19(32)9-22(17)39-42)36-25-37-26(45)44(13-24-35-15-41(4)40-24)28(47)43(25)12-16-7-18(31)21(34)10-20(16)33/h7-11,15H,5-6,12-14H2,1-4H3,(H,38,46)(H,36,37,45). The van der Waals surface area contributed by atoms with Gasteiger partial charge in [-0.25, -0.2) is 32.7 Å². The zero-order valence-corrected chi connectivity index (χ0v) is 27.7. The van der Waals surface area contributed by atoms with Crippen molar-refractivity contribution in [2.45, 2.75) is 64.4 Å². The summed E-state index contributed by atoms with van der Waals surface area (Å²) in [7, 11) is 1.62. The first-order valence-electron chi connectivity index (χ1n) is 14.7. The van der Waals surface area contributed by atoms with Gasteiger partial charge in [0.05, 0.1) is 46.4 Å². The Morgan fingerprint density at radius 1 is 1.02 bits per heavy atom. The van der Waals surface area contributed by atoms with Gasteiger partial charge in [0.15, 0.2) is 5.82 Å². The van der Waals surface area contributed by atoms with Gasteiger partial charge in [0.1, 0.15) is 23.6 Å². The maximum atomic E-state index is 14.8. The van der Waals surface area contributed by atoms with E-state index in [9.17, 15) is 23.2 Å². The first kappa shape index (κ1) is 33.1. The van der Waals surface area contributed by atoms with Gasteiger partial charge in [-0.15, -0.1) is 0 Å². The number of rotatable bonds is 9. The fourth-order valence-corrected chi connectivity index (χ4v) is 5.45. The quantitative estimate of drug-likeness (QED) is 0.213. The Kier molecular flexibility index (Phi) is 8.49. The van der Waals surface area contributed by atoms with E-state index >= 15 is 0 Å². The lowest BCUT2D eigenvalue weighted by atomic mass is 10.2. The minimum absolute atomic E-state index is 0.133. The highest BCUT2D eigenvalue weighted by molar-refractivity contribution is 6.34. The van der Waals surface area contributed by atoms with Gasteiger partial charge in [0.25, 0.3) is 0 Å². The van der Waals surface area contributed by atoms with Crippen LogP contribution in [0.25, 0.3) is 10.9 Å². The van der Waals surface area contributed by atoms with E-state index in [-0.39, 0.29) is 39.6 Å². The highest BCUT2D eigenvalue weighted by atomic mass is 35.5. The van der Waals surface area contributed by atoms with Gasteiger partial charge in [-0.2, -0.15) is 15.2 Å². The van der Waals surface area contributed by atoms with E-state index in [4.69, 9.17) is 27.9 Å². The lowest BCUT2D eigenvalue weighted by Crippen LogP contribution is -2.43. The molecule has 0 aliphatic heterocycles. The monoisotopic (exact) mass is 702 g/mol. The third-order valence-corrected chi connectivity index (χ3v) is 8.09. The number of amides is 1. The van der Waals surface area contributed by atoms with Crippen LogP contribution >= 0.6 is 23.2 Å². The molecule has 14 nitrogen and oxygen atoms in total. The molecular weight excluding hydrogens is 673 g/mol. The van der Waals surface area contributed by atoms with Crippen LogP contribution in [-0.4, -0.2) is 55.9 Å². The maximum absolute atomic E-state index is 14.8. The summed E-state index contributed by atoms with van der Waals surface area (Å²) >= 11 is 12.5. The summed E-state index contributed by atoms with van der Waals surface area (Å²) in [4.78, 5) is 47.4. The van der Waals surface area contributed by atoms with Crippen LogP contribution in [0.2, 0.25) is 10.0 Å². The van der Waals surface area contributed by atoms with Crippen molar-refractivity contribution in [3.05, 3.63) is 90.8 Å². The molecule has 1 fully saturated rings. The largest absolute Gasteiger partial charge is 0.444 e. The fourth-order valence-electron chi connectivity index (χ4n) is 5.05. The molecular formula is C30H30Cl2F2N10O4. The summed E-state index contributed by atoms with van der Waals surface area (Å²) in [6.07, 6.45) is 4.16. The smallest absolute Gasteiger partial charge is 0.408 e. The summed E-state index contributed by atoms with van der Waals surface area (Å²) < 4.78 is 39.0. The molecule has 3 heterocycles. The second-order valence-electron chi connectivity index (χ2n) is 12.6. The van der Waals surface area contributed by atoms with Crippen LogP contribution in [0.3, 0.4) is 0 Å². The minimum Gasteiger partial charge on any atom is -0.444 e. The molecule has 2 N–H and O–H groups in total. The molecule has 0 saturated heterocycles. The number of halogens is 4. The van der Waals surface area contributed by atoms with E-state index in [1.54, 1.807) is 50.8 Å². The molecule has 0 atom stereocenters. The van der Waals surface area contributed by atoms with Crippen LogP contribution in [0.1, 0.15) is 45.0 Å². The number of aryl methyl sites for hydroxylation is 1. The van der Waals surface area contributed by atoms with Crippen LogP contribution in [0, 0.1) is 11.6 Å². The fraction of sp³-hybridized carbons (Fsp3) is 0.367. The summed E-state index contributed by atoms with van der Waals surface area (Å²) in [5, 5.41) is 15.0. The van der Waals surface area contributed by atoms with Gasteiger partial charge in [-0.3, -0.25) is 13.9 Å². The van der Waals surface area contributed by atoms with E-state index < -0.39 is 46.8 Å². The Balaban J connectivity index is 1.33. The van der Waals surface area contributed by atoms with Crippen molar-refractivity contribution in [3.8, 4) is 0 Å². The molecule has 1 aliphatic rings. The number of anilines is 2. The number of ether oxygens (including phenoxy) is 1. The Morgan fingerprint density at radius 2 is 1.77 bits per heavy atom. The van der Waals surface area contributed by atoms with Gasteiger partial charge in [-0.05, 0) is 51.8 Å². The molecule has 2 aromatic carbocycles. The highest BCUT2D eigenvalue weighted by Crippen LogP contribution is 2.38. The van der Waals surface area contributed by atoms with Crippen LogP contribution in [0.15, 0.2) is 46.4 Å². The maximum Gasteiger partial charge on any atom is 0.408 e. The van der Waals surface area contributed by atoms with Gasteiger partial charge in [0.2, 0.25) is 5.95 Å². The lowest BCUT2D eigenvalue weighted by molar-refractivity contribution is 0.0489. The van der Waals surface area contributed by atoms with E-state index in [0.717, 1.165) is 28.0 Å². The number of hydrogen-bond donors (Lipinski definition) is 2. The topological polar surface area (TPSA) is 156 Å². The third kappa shape index (κ3) is 7.18. The molecule has 48 heavy (non-hydrogen) atoms. The molecule has 0 unspecified atom stereocenters. The predicted molar refractivity (Wildman–Crippen MR) is 173 cm³/mol. The second-order valence-corrected chi connectivity index (χ2v) is 13.4. The van der Waals surface area contributed by atoms with Gasteiger partial charge >= 0.3 is 17.5 Å². The SMILES string of the molecule is Cn1cnc(Cn2c(=O)nc(Nc3cc4cn(CC5(NC(=O)OC(C)(C)C)CC5)nc4cc3Cl)n(Cc3cc(Cl)c(F)cc3F)c2=O)n1. The molecule has 0 bridgehead atoms. The molecule has 1 aliphatic carbocycles. The second kappa shape index (κ2) is 12.3. The Bertz CT molecular complexity index is 2180. The van der Waals surface area contributed by atoms with Crippen molar-refractivity contribution in [1.82, 2.24) is 44.0 Å². The lowest BCUT2D eigenvalue weighted by Gasteiger charge is -2.23. The number of nitrogens with zero attached hydrogens (tertiary/aromatic N) is 8. The van der Waals surface area contributed by atoms with E-state index in [0.29, 0.717) is 23.5 Å². The highest BCUT2D eigenvalue weighted by Gasteiger charge is 2.45. The van der Waals surface area contributed by atoms with Gasteiger partial charge in [-0.1, -0.05) is 23.2 Å². The van der Waals surface area contributed by atoms with Crippen LogP contribution < -0.4 is 22.0 Å². The zero-order chi connectivity index (χ0) is 34.5. The first-order valence-corrected chi connectivity index (χ1v) is 15.5. The van der Waals surface area contributed by atoms with Crippen molar-refractivity contribution < 1.29 is 18.3 Å². The normalized spacial score (nSPS) is 13.9. The summed E-state index contributed by atoms with van der Waals surface area (Å²) in [5.74, 6) is -2.02. The number of benzene rings is 2. The van der Waals surface area contributed by atoms with Crippen molar-refractivity contribution >= 4 is 51.8 Å². The third-order valence-electron chi connectivity index (χ3n) is 7.49. The summed E-state index contributed by atoms with van der Waals surface area (Å²) in [6.45, 7) is 4.97. The number of carbonyl (C=O) groups is 1. The molecule has 1 amide bonds. The van der Waals surface area contributed by atoms with Crippen molar-refractivity contribution in [2.24, 2.45) is 7.05 Å². The number of aromatic nitrogens is 8. The number of alkyl carbamates (subject to hydrolysis) is 1. The average Bonchev–Trinajstić information content (AvgIpc) is 3.40. The molecule has 0 radical (unpaired) electrons. The molecule has 252 valence electrons. The first-order chi connectivity index (χ1) is 22.6. The summed E-state index contributed by atoms with van der Waals surface area (Å²) in [5.41, 5.74) is -2.26. The number of fused-ring (bicyclic) bond motifs is 1. The number of nitrogens with one attached hydrogen (secondary N) is 2. The van der Waals surface area contributed by atoms with E-state index in [1.807, 2.05) is 0 Å². The molecule has 3 aromatic heterocycles. The van der Waals surface area contributed by atoms with E-state index in [2.05, 4.69) is 30.8 Å². The van der Waals surface area contributed by atoms with Crippen molar-refractivity contribution in [1.29, 1.82) is 0 Å². The zero-order valence-electron chi connectivity index (χ0n) is 26.2. The minimum atomic E-state index is -0.971. The molecule has 18 heteroatoms. The molecule has 6 rings (SSSR count). The number of carbonyl (C=O) groups excluding carboxylic acids is 1. The van der Waals surface area contributed by atoms with Crippen molar-refractivity contribution in [2.75, 3.05) is 5.32 Å². The predicted octanol–water partition coefficient (Wildman–Crippen LogP) is 4.37. The molecule has 1 saturated carbocycles. The Labute approximate surface area is 281 Å². The van der Waals surface area contributed by atoms with Crippen LogP contribution in [0.4, 0.5) is 25.2 Å². The average molecular weight is 704 g/mol. The van der Waals surface area contributed by atoms with Crippen LogP contribution in [0.5, 0.6) is 0 Å². The van der Waals surface area contributed by atoms with Gasteiger partial charge < -0.3 is 15.4 Å². The Morgan fingerprint density at radius 3 is 2.44 bits per heavy atom.